The van der Waals surface area contributed by atoms with Crippen molar-refractivity contribution in [1.82, 2.24) is 0 Å². The Morgan fingerprint density at radius 2 is 0.591 bits per heavy atom. The summed E-state index contributed by atoms with van der Waals surface area (Å²) in [7, 11) is 0. The van der Waals surface area contributed by atoms with Crippen molar-refractivity contribution in [3.05, 3.63) is 0 Å². The largest absolute Gasteiger partial charge is 0.463 e. The van der Waals surface area contributed by atoms with Gasteiger partial charge in [-0.3, -0.25) is 9.59 Å². The Kier molecular flexibility index (Phi) is 72.8. The fourth-order valence-corrected chi connectivity index (χ4v) is 10.0. The third-order valence-electron chi connectivity index (χ3n) is 15.2. The number of carbonyl (C=O) groups is 2. The SMILES string of the molecule is CCCCCCCCCCCCCCCC(=O)OCCOCCOCCOCCOC[C@@H](OCCOCCOCCOCCOC(=O)CCCCCCCCCCCCCCC)[C@H]1OC[C@H](OCCOCCOCCOCCO)[C@H]1OCCOCCOCCOCCO. The number of unbranched alkanes of at least 4 members (excludes halogenated alkanes) is 24. The molecule has 0 aromatic carbocycles. The van der Waals surface area contributed by atoms with Crippen molar-refractivity contribution in [2.75, 3.05) is 225 Å². The van der Waals surface area contributed by atoms with Crippen LogP contribution < -0.4 is 0 Å². The molecule has 1 rings (SSSR count). The molecule has 23 heteroatoms. The highest BCUT2D eigenvalue weighted by molar-refractivity contribution is 5.69. The summed E-state index contributed by atoms with van der Waals surface area (Å²) in [6.45, 7) is 15.0. The maximum absolute atomic E-state index is 12.2. The first-order valence-electron chi connectivity index (χ1n) is 36.6. The molecule has 554 valence electrons. The average molecular weight is 1350 g/mol. The number of hydrogen-bond donors (Lipinski definition) is 2. The van der Waals surface area contributed by atoms with Crippen molar-refractivity contribution in [1.29, 1.82) is 0 Å². The molecule has 1 saturated heterocycles. The van der Waals surface area contributed by atoms with Crippen LogP contribution in [0.2, 0.25) is 0 Å². The first-order chi connectivity index (χ1) is 46.1. The molecule has 1 aliphatic heterocycles. The van der Waals surface area contributed by atoms with Crippen molar-refractivity contribution < 1.29 is 110 Å². The van der Waals surface area contributed by atoms with Crippen molar-refractivity contribution >= 4 is 11.9 Å². The van der Waals surface area contributed by atoms with Crippen LogP contribution >= 0.6 is 0 Å². The van der Waals surface area contributed by atoms with Gasteiger partial charge >= 0.3 is 11.9 Å². The Morgan fingerprint density at radius 3 is 0.925 bits per heavy atom. The van der Waals surface area contributed by atoms with Crippen LogP contribution in [0.4, 0.5) is 0 Å². The Bertz CT molecular complexity index is 1480. The lowest BCUT2D eigenvalue weighted by Gasteiger charge is -2.29. The number of esters is 2. The van der Waals surface area contributed by atoms with Crippen LogP contribution in [0.5, 0.6) is 0 Å². The minimum atomic E-state index is -0.563. The summed E-state index contributed by atoms with van der Waals surface area (Å²) < 4.78 is 110. The summed E-state index contributed by atoms with van der Waals surface area (Å²) in [5, 5.41) is 17.8. The molecule has 0 unspecified atom stereocenters. The van der Waals surface area contributed by atoms with E-state index in [0.717, 1.165) is 25.7 Å². The molecule has 4 atom stereocenters. The molecular formula is C70H136O23. The summed E-state index contributed by atoms with van der Waals surface area (Å²) in [6, 6.07) is 0. The summed E-state index contributed by atoms with van der Waals surface area (Å²) in [5.41, 5.74) is 0. The van der Waals surface area contributed by atoms with E-state index in [0.29, 0.717) is 171 Å². The molecule has 0 aromatic heterocycles. The highest BCUT2D eigenvalue weighted by Crippen LogP contribution is 2.26. The zero-order chi connectivity index (χ0) is 66.7. The molecule has 1 heterocycles. The van der Waals surface area contributed by atoms with E-state index in [-0.39, 0.29) is 78.0 Å². The number of hydrogen-bond acceptors (Lipinski definition) is 23. The van der Waals surface area contributed by atoms with Crippen LogP contribution in [-0.2, 0) is 99.6 Å². The standard InChI is InChI=1S/C70H136O23/c1-3-5-7-9-11-13-15-17-19-21-23-25-27-29-67(73)90-60-55-84-48-43-79-39-40-81-51-52-87-63-65(88-58-53-82-47-42-80-44-49-85-56-61-91-68(74)30-28-26-24-22-20-18-16-14-12-10-8-6-4-2)70-69(92-62-57-86-50-45-78-38-36-76-34-32-72)66(64-93-70)89-59-54-83-46-41-77-37-35-75-33-31-71/h65-66,69-72H,3-64H2,1-2H3/t65-,66+,69-,70-/m1/s1. The van der Waals surface area contributed by atoms with E-state index < -0.39 is 24.4 Å². The lowest BCUT2D eigenvalue weighted by Crippen LogP contribution is -2.46. The number of rotatable bonds is 80. The maximum Gasteiger partial charge on any atom is 0.305 e. The third kappa shape index (κ3) is 64.6. The third-order valence-corrected chi connectivity index (χ3v) is 15.2. The van der Waals surface area contributed by atoms with Gasteiger partial charge < -0.3 is 100 Å². The normalized spacial score (nSPS) is 15.2. The van der Waals surface area contributed by atoms with Gasteiger partial charge in [0.25, 0.3) is 0 Å². The van der Waals surface area contributed by atoms with Gasteiger partial charge in [0.15, 0.2) is 0 Å². The zero-order valence-electron chi connectivity index (χ0n) is 58.6. The van der Waals surface area contributed by atoms with Gasteiger partial charge in [-0.15, -0.1) is 0 Å². The van der Waals surface area contributed by atoms with E-state index in [9.17, 15) is 9.59 Å². The maximum atomic E-state index is 12.2. The highest BCUT2D eigenvalue weighted by Gasteiger charge is 2.44. The first kappa shape index (κ1) is 89.2. The quantitative estimate of drug-likeness (QED) is 0.0424. The minimum absolute atomic E-state index is 0.0284. The number of aliphatic hydroxyl groups is 2. The van der Waals surface area contributed by atoms with Gasteiger partial charge in [0.2, 0.25) is 0 Å². The molecule has 0 aromatic rings. The van der Waals surface area contributed by atoms with Crippen LogP contribution in [0.15, 0.2) is 0 Å². The molecule has 0 radical (unpaired) electrons. The summed E-state index contributed by atoms with van der Waals surface area (Å²) in [4.78, 5) is 24.3. The average Bonchev–Trinajstić information content (AvgIpc) is 1.76. The zero-order valence-corrected chi connectivity index (χ0v) is 58.6. The van der Waals surface area contributed by atoms with Crippen LogP contribution in [0.1, 0.15) is 194 Å². The summed E-state index contributed by atoms with van der Waals surface area (Å²) in [6.07, 6.45) is 31.8. The molecule has 0 spiro atoms. The van der Waals surface area contributed by atoms with Gasteiger partial charge in [-0.25, -0.2) is 0 Å². The number of ether oxygens (including phenoxy) is 19. The fraction of sp³-hybridized carbons (Fsp3) is 0.971. The van der Waals surface area contributed by atoms with Gasteiger partial charge in [-0.1, -0.05) is 168 Å². The second kappa shape index (κ2) is 75.9. The van der Waals surface area contributed by atoms with Crippen LogP contribution in [-0.4, -0.2) is 271 Å². The van der Waals surface area contributed by atoms with Gasteiger partial charge in [0.1, 0.15) is 37.6 Å². The van der Waals surface area contributed by atoms with Crippen molar-refractivity contribution in [2.45, 2.75) is 218 Å². The van der Waals surface area contributed by atoms with Crippen LogP contribution in [0, 0.1) is 0 Å². The van der Waals surface area contributed by atoms with E-state index in [4.69, 9.17) is 100 Å². The first-order valence-corrected chi connectivity index (χ1v) is 36.6. The van der Waals surface area contributed by atoms with Crippen LogP contribution in [0.25, 0.3) is 0 Å². The Hall–Kier alpha value is -1.82. The molecule has 0 saturated carbocycles. The monoisotopic (exact) mass is 1340 g/mol. The molecule has 1 aliphatic rings. The van der Waals surface area contributed by atoms with E-state index >= 15 is 0 Å². The number of carbonyl (C=O) groups excluding carboxylic acids is 2. The second-order valence-electron chi connectivity index (χ2n) is 23.2. The predicted octanol–water partition coefficient (Wildman–Crippen LogP) is 9.79. The van der Waals surface area contributed by atoms with E-state index in [1.165, 1.54) is 141 Å². The van der Waals surface area contributed by atoms with E-state index in [1.54, 1.807) is 0 Å². The molecule has 0 aliphatic carbocycles. The lowest BCUT2D eigenvalue weighted by molar-refractivity contribution is -0.146. The van der Waals surface area contributed by atoms with Crippen molar-refractivity contribution in [3.63, 3.8) is 0 Å². The topological polar surface area (TPSA) is 250 Å². The van der Waals surface area contributed by atoms with E-state index in [2.05, 4.69) is 13.8 Å². The molecular weight excluding hydrogens is 1210 g/mol. The summed E-state index contributed by atoms with van der Waals surface area (Å²) in [5.74, 6) is -0.334. The smallest absolute Gasteiger partial charge is 0.305 e. The van der Waals surface area contributed by atoms with Gasteiger partial charge in [-0.2, -0.15) is 0 Å². The molecule has 1 fully saturated rings. The molecule has 23 nitrogen and oxygen atoms in total. The van der Waals surface area contributed by atoms with Crippen molar-refractivity contribution in [2.24, 2.45) is 0 Å². The van der Waals surface area contributed by atoms with Gasteiger partial charge in [-0.05, 0) is 12.8 Å². The van der Waals surface area contributed by atoms with Crippen molar-refractivity contribution in [3.8, 4) is 0 Å². The minimum Gasteiger partial charge on any atom is -0.463 e. The van der Waals surface area contributed by atoms with Gasteiger partial charge in [0.05, 0.1) is 211 Å². The summed E-state index contributed by atoms with van der Waals surface area (Å²) >= 11 is 0. The second-order valence-corrected chi connectivity index (χ2v) is 23.2. The molecule has 2 N–H and O–H groups in total. The molecule has 0 amide bonds. The molecule has 0 bridgehead atoms. The van der Waals surface area contributed by atoms with Crippen LogP contribution in [0.3, 0.4) is 0 Å². The Labute approximate surface area is 562 Å². The lowest BCUT2D eigenvalue weighted by atomic mass is 10.0. The predicted molar refractivity (Wildman–Crippen MR) is 356 cm³/mol. The number of aliphatic hydroxyl groups excluding tert-OH is 2. The Balaban J connectivity index is 2.49. The van der Waals surface area contributed by atoms with E-state index in [1.807, 2.05) is 0 Å². The van der Waals surface area contributed by atoms with Gasteiger partial charge in [0, 0.05) is 12.8 Å². The Morgan fingerprint density at radius 1 is 0.323 bits per heavy atom. The fourth-order valence-electron chi connectivity index (χ4n) is 10.0. The molecule has 93 heavy (non-hydrogen) atoms. The highest BCUT2D eigenvalue weighted by atomic mass is 16.6.